The van der Waals surface area contributed by atoms with Crippen molar-refractivity contribution in [2.24, 2.45) is 5.92 Å². The Bertz CT molecular complexity index is 240. The number of rotatable bonds is 5. The maximum absolute atomic E-state index is 11.3. The van der Waals surface area contributed by atoms with Crippen molar-refractivity contribution in [2.75, 3.05) is 32.8 Å². The number of carbonyl (C=O) groups is 1. The van der Waals surface area contributed by atoms with Crippen molar-refractivity contribution in [1.82, 2.24) is 4.90 Å². The molecule has 1 aliphatic rings. The highest BCUT2D eigenvalue weighted by atomic mass is 16.5. The van der Waals surface area contributed by atoms with Crippen LogP contribution in [-0.2, 0) is 9.53 Å². The molecule has 0 radical (unpaired) electrons. The number of esters is 1. The van der Waals surface area contributed by atoms with E-state index in [0.717, 1.165) is 19.5 Å². The molecule has 0 aliphatic carbocycles. The molecule has 4 heteroatoms. The summed E-state index contributed by atoms with van der Waals surface area (Å²) >= 11 is 0. The third-order valence-corrected chi connectivity index (χ3v) is 2.61. The SMILES string of the molecule is C=C(CN1CCC(CO)C1)C(=O)OCC. The summed E-state index contributed by atoms with van der Waals surface area (Å²) in [6.07, 6.45) is 0.993. The van der Waals surface area contributed by atoms with Gasteiger partial charge in [-0.05, 0) is 25.8 Å². The summed E-state index contributed by atoms with van der Waals surface area (Å²) in [5.41, 5.74) is 0.496. The van der Waals surface area contributed by atoms with Gasteiger partial charge in [0.2, 0.25) is 0 Å². The van der Waals surface area contributed by atoms with Crippen LogP contribution in [0.3, 0.4) is 0 Å². The zero-order chi connectivity index (χ0) is 11.3. The molecule has 0 aromatic heterocycles. The van der Waals surface area contributed by atoms with Crippen molar-refractivity contribution in [3.8, 4) is 0 Å². The van der Waals surface area contributed by atoms with Gasteiger partial charge < -0.3 is 9.84 Å². The minimum Gasteiger partial charge on any atom is -0.463 e. The summed E-state index contributed by atoms with van der Waals surface area (Å²) in [6.45, 7) is 8.41. The third-order valence-electron chi connectivity index (χ3n) is 2.61. The second-order valence-corrected chi connectivity index (χ2v) is 3.90. The van der Waals surface area contributed by atoms with Gasteiger partial charge in [-0.15, -0.1) is 0 Å². The minimum atomic E-state index is -0.315. The second kappa shape index (κ2) is 5.88. The number of hydrogen-bond acceptors (Lipinski definition) is 4. The van der Waals surface area contributed by atoms with Crippen molar-refractivity contribution >= 4 is 5.97 Å². The standard InChI is InChI=1S/C11H19NO3/c1-3-15-11(14)9(2)6-12-5-4-10(7-12)8-13/h10,13H,2-8H2,1H3. The number of hydrogen-bond donors (Lipinski definition) is 1. The molecule has 86 valence electrons. The lowest BCUT2D eigenvalue weighted by molar-refractivity contribution is -0.138. The van der Waals surface area contributed by atoms with Gasteiger partial charge in [-0.1, -0.05) is 6.58 Å². The van der Waals surface area contributed by atoms with Crippen molar-refractivity contribution < 1.29 is 14.6 Å². The lowest BCUT2D eigenvalue weighted by Gasteiger charge is -2.16. The van der Waals surface area contributed by atoms with Crippen molar-refractivity contribution in [1.29, 1.82) is 0 Å². The molecule has 1 atom stereocenters. The van der Waals surface area contributed by atoms with Gasteiger partial charge in [-0.25, -0.2) is 4.79 Å². The van der Waals surface area contributed by atoms with Crippen LogP contribution in [0.4, 0.5) is 0 Å². The summed E-state index contributed by atoms with van der Waals surface area (Å²) in [4.78, 5) is 13.4. The summed E-state index contributed by atoms with van der Waals surface area (Å²) in [6, 6.07) is 0. The lowest BCUT2D eigenvalue weighted by atomic mass is 10.1. The molecule has 4 nitrogen and oxygen atoms in total. The molecule has 1 heterocycles. The van der Waals surface area contributed by atoms with Gasteiger partial charge in [0.1, 0.15) is 0 Å². The van der Waals surface area contributed by atoms with E-state index in [0.29, 0.717) is 24.6 Å². The minimum absolute atomic E-state index is 0.225. The summed E-state index contributed by atoms with van der Waals surface area (Å²) in [5.74, 6) is 0.0324. The number of aliphatic hydroxyl groups excluding tert-OH is 1. The van der Waals surface area contributed by atoms with Crippen LogP contribution in [0, 0.1) is 5.92 Å². The van der Waals surface area contributed by atoms with E-state index in [1.165, 1.54) is 0 Å². The number of aliphatic hydroxyl groups is 1. The highest BCUT2D eigenvalue weighted by Gasteiger charge is 2.23. The number of likely N-dealkylation sites (tertiary alicyclic amines) is 1. The first-order valence-corrected chi connectivity index (χ1v) is 5.35. The van der Waals surface area contributed by atoms with Crippen LogP contribution in [0.2, 0.25) is 0 Å². The van der Waals surface area contributed by atoms with Gasteiger partial charge in [0.15, 0.2) is 0 Å². The number of nitrogens with zero attached hydrogens (tertiary/aromatic N) is 1. The van der Waals surface area contributed by atoms with Gasteiger partial charge in [0, 0.05) is 25.3 Å². The molecular formula is C11H19NO3. The van der Waals surface area contributed by atoms with Gasteiger partial charge in [0.25, 0.3) is 0 Å². The molecular weight excluding hydrogens is 194 g/mol. The van der Waals surface area contributed by atoms with E-state index in [4.69, 9.17) is 9.84 Å². The average Bonchev–Trinajstić information content (AvgIpc) is 2.66. The van der Waals surface area contributed by atoms with Crippen LogP contribution in [0.15, 0.2) is 12.2 Å². The average molecular weight is 213 g/mol. The maximum Gasteiger partial charge on any atom is 0.334 e. The van der Waals surface area contributed by atoms with Gasteiger partial charge in [-0.3, -0.25) is 4.90 Å². The zero-order valence-electron chi connectivity index (χ0n) is 9.24. The first-order valence-electron chi connectivity index (χ1n) is 5.35. The Kier molecular flexibility index (Phi) is 4.78. The van der Waals surface area contributed by atoms with E-state index in [2.05, 4.69) is 11.5 Å². The first kappa shape index (κ1) is 12.2. The Balaban J connectivity index is 2.30. The van der Waals surface area contributed by atoms with Gasteiger partial charge in [-0.2, -0.15) is 0 Å². The largest absolute Gasteiger partial charge is 0.463 e. The van der Waals surface area contributed by atoms with Crippen LogP contribution in [-0.4, -0.2) is 48.8 Å². The molecule has 0 amide bonds. The van der Waals surface area contributed by atoms with Crippen LogP contribution < -0.4 is 0 Å². The predicted octanol–water partition coefficient (Wildman–Crippen LogP) is 0.420. The van der Waals surface area contributed by atoms with E-state index in [-0.39, 0.29) is 12.6 Å². The highest BCUT2D eigenvalue weighted by Crippen LogP contribution is 2.16. The summed E-state index contributed by atoms with van der Waals surface area (Å²) in [5, 5.41) is 8.97. The third kappa shape index (κ3) is 3.64. The molecule has 1 fully saturated rings. The highest BCUT2D eigenvalue weighted by molar-refractivity contribution is 5.88. The fraction of sp³-hybridized carbons (Fsp3) is 0.727. The summed E-state index contributed by atoms with van der Waals surface area (Å²) < 4.78 is 4.85. The van der Waals surface area contributed by atoms with E-state index in [1.54, 1.807) is 6.92 Å². The van der Waals surface area contributed by atoms with E-state index >= 15 is 0 Å². The molecule has 0 aromatic rings. The summed E-state index contributed by atoms with van der Waals surface area (Å²) in [7, 11) is 0. The normalized spacial score (nSPS) is 21.6. The maximum atomic E-state index is 11.3. The molecule has 15 heavy (non-hydrogen) atoms. The van der Waals surface area contributed by atoms with E-state index in [1.807, 2.05) is 0 Å². The molecule has 0 saturated carbocycles. The van der Waals surface area contributed by atoms with Crippen LogP contribution in [0.25, 0.3) is 0 Å². The van der Waals surface area contributed by atoms with E-state index < -0.39 is 0 Å². The van der Waals surface area contributed by atoms with Crippen LogP contribution >= 0.6 is 0 Å². The van der Waals surface area contributed by atoms with E-state index in [9.17, 15) is 4.79 Å². The van der Waals surface area contributed by atoms with Crippen molar-refractivity contribution in [3.63, 3.8) is 0 Å². The monoisotopic (exact) mass is 213 g/mol. The van der Waals surface area contributed by atoms with Crippen molar-refractivity contribution in [2.45, 2.75) is 13.3 Å². The van der Waals surface area contributed by atoms with Crippen molar-refractivity contribution in [3.05, 3.63) is 12.2 Å². The fourth-order valence-electron chi connectivity index (χ4n) is 1.77. The van der Waals surface area contributed by atoms with Gasteiger partial charge >= 0.3 is 5.97 Å². The molecule has 0 bridgehead atoms. The molecule has 0 aromatic carbocycles. The smallest absolute Gasteiger partial charge is 0.334 e. The second-order valence-electron chi connectivity index (χ2n) is 3.90. The molecule has 1 rings (SSSR count). The Morgan fingerprint density at radius 3 is 2.93 bits per heavy atom. The lowest BCUT2D eigenvalue weighted by Crippen LogP contribution is -2.26. The molecule has 1 saturated heterocycles. The first-order chi connectivity index (χ1) is 7.17. The molecule has 1 aliphatic heterocycles. The van der Waals surface area contributed by atoms with Crippen LogP contribution in [0.5, 0.6) is 0 Å². The van der Waals surface area contributed by atoms with Crippen LogP contribution in [0.1, 0.15) is 13.3 Å². The van der Waals surface area contributed by atoms with Gasteiger partial charge in [0.05, 0.1) is 6.61 Å². The fourth-order valence-corrected chi connectivity index (χ4v) is 1.77. The Morgan fingerprint density at radius 1 is 1.67 bits per heavy atom. The number of carbonyl (C=O) groups excluding carboxylic acids is 1. The molecule has 1 N–H and O–H groups in total. The quantitative estimate of drug-likeness (QED) is 0.531. The predicted molar refractivity (Wildman–Crippen MR) is 57.4 cm³/mol. The zero-order valence-corrected chi connectivity index (χ0v) is 9.24. The Hall–Kier alpha value is -0.870. The molecule has 0 spiro atoms. The molecule has 1 unspecified atom stereocenters. The Morgan fingerprint density at radius 2 is 2.40 bits per heavy atom. The number of ether oxygens (including phenoxy) is 1. The topological polar surface area (TPSA) is 49.8 Å². The Labute approximate surface area is 90.5 Å².